The Kier molecular flexibility index (Phi) is 14.9. The van der Waals surface area contributed by atoms with Crippen LogP contribution >= 0.6 is 15.9 Å². The topological polar surface area (TPSA) is 12.0 Å². The van der Waals surface area contributed by atoms with Gasteiger partial charge in [0.1, 0.15) is 0 Å². The lowest BCUT2D eigenvalue weighted by atomic mass is 10.1. The van der Waals surface area contributed by atoms with Gasteiger partial charge in [-0.2, -0.15) is 0 Å². The lowest BCUT2D eigenvalue weighted by molar-refractivity contribution is 0.548. The third kappa shape index (κ3) is 14.4. The molecule has 0 aromatic heterocycles. The summed E-state index contributed by atoms with van der Waals surface area (Å²) in [7, 11) is 0. The first-order chi connectivity index (χ1) is 8.31. The van der Waals surface area contributed by atoms with Crippen molar-refractivity contribution in [3.05, 3.63) is 0 Å². The molecule has 0 heterocycles. The van der Waals surface area contributed by atoms with Crippen molar-refractivity contribution in [2.75, 3.05) is 13.1 Å². The number of nitrogens with one attached hydrogen (secondary N) is 1. The maximum absolute atomic E-state index is 3.66. The third-order valence-corrected chi connectivity index (χ3v) is 4.39. The summed E-state index contributed by atoms with van der Waals surface area (Å²) >= 11 is 3.66. The number of halogens is 1. The van der Waals surface area contributed by atoms with Gasteiger partial charge in [-0.15, -0.1) is 0 Å². The first kappa shape index (κ1) is 17.4. The molecule has 1 atom stereocenters. The van der Waals surface area contributed by atoms with Crippen molar-refractivity contribution in [2.24, 2.45) is 0 Å². The predicted octanol–water partition coefficient (Wildman–Crippen LogP) is 5.28. The third-order valence-electron chi connectivity index (χ3n) is 3.28. The van der Waals surface area contributed by atoms with Crippen molar-refractivity contribution in [1.82, 2.24) is 5.32 Å². The van der Waals surface area contributed by atoms with Crippen LogP contribution in [0.2, 0.25) is 0 Å². The predicted molar refractivity (Wildman–Crippen MR) is 83.1 cm³/mol. The molecule has 1 nitrogen and oxygen atoms in total. The molecule has 17 heavy (non-hydrogen) atoms. The minimum absolute atomic E-state index is 0.702. The van der Waals surface area contributed by atoms with Crippen LogP contribution in [-0.2, 0) is 0 Å². The van der Waals surface area contributed by atoms with Gasteiger partial charge in [0, 0.05) is 4.83 Å². The molecule has 0 aromatic rings. The van der Waals surface area contributed by atoms with Crippen LogP contribution in [0.5, 0.6) is 0 Å². The van der Waals surface area contributed by atoms with Gasteiger partial charge in [-0.05, 0) is 32.4 Å². The Morgan fingerprint density at radius 1 is 0.824 bits per heavy atom. The fraction of sp³-hybridized carbons (Fsp3) is 1.00. The molecule has 0 radical (unpaired) electrons. The number of hydrogen-bond acceptors (Lipinski definition) is 1. The molecule has 0 aliphatic rings. The van der Waals surface area contributed by atoms with Gasteiger partial charge in [-0.25, -0.2) is 0 Å². The van der Waals surface area contributed by atoms with Crippen LogP contribution in [-0.4, -0.2) is 17.9 Å². The van der Waals surface area contributed by atoms with E-state index in [1.165, 1.54) is 77.3 Å². The van der Waals surface area contributed by atoms with E-state index in [0.29, 0.717) is 4.83 Å². The van der Waals surface area contributed by atoms with Crippen LogP contribution in [0.25, 0.3) is 0 Å². The smallest absolute Gasteiger partial charge is 0.0155 e. The van der Waals surface area contributed by atoms with E-state index in [1.54, 1.807) is 0 Å². The van der Waals surface area contributed by atoms with Gasteiger partial charge in [0.25, 0.3) is 0 Å². The average Bonchev–Trinajstić information content (AvgIpc) is 2.35. The first-order valence-electron chi connectivity index (χ1n) is 7.66. The first-order valence-corrected chi connectivity index (χ1v) is 8.57. The summed E-state index contributed by atoms with van der Waals surface area (Å²) in [5.74, 6) is 0. The Hall–Kier alpha value is 0.440. The summed E-state index contributed by atoms with van der Waals surface area (Å²) < 4.78 is 0. The Morgan fingerprint density at radius 2 is 1.41 bits per heavy atom. The number of alkyl halides is 1. The molecule has 0 saturated carbocycles. The van der Waals surface area contributed by atoms with E-state index in [2.05, 4.69) is 35.1 Å². The summed E-state index contributed by atoms with van der Waals surface area (Å²) in [5.41, 5.74) is 0. The highest BCUT2D eigenvalue weighted by Crippen LogP contribution is 2.09. The standard InChI is InChI=1S/C15H32BrN/c1-3-5-6-7-8-9-10-11-13-17-14-12-15(16)4-2/h15,17H,3-14H2,1-2H3. The second-order valence-electron chi connectivity index (χ2n) is 5.02. The zero-order valence-corrected chi connectivity index (χ0v) is 13.5. The summed E-state index contributed by atoms with van der Waals surface area (Å²) in [6, 6.07) is 0. The minimum atomic E-state index is 0.702. The zero-order chi connectivity index (χ0) is 12.8. The monoisotopic (exact) mass is 305 g/mol. The molecule has 1 unspecified atom stereocenters. The maximum atomic E-state index is 3.66. The van der Waals surface area contributed by atoms with E-state index < -0.39 is 0 Å². The Bertz CT molecular complexity index is 139. The molecule has 0 aliphatic heterocycles. The molecule has 104 valence electrons. The Morgan fingerprint density at radius 3 is 2.00 bits per heavy atom. The average molecular weight is 306 g/mol. The zero-order valence-electron chi connectivity index (χ0n) is 11.9. The molecule has 0 aliphatic carbocycles. The van der Waals surface area contributed by atoms with Crippen molar-refractivity contribution >= 4 is 15.9 Å². The minimum Gasteiger partial charge on any atom is -0.317 e. The van der Waals surface area contributed by atoms with Crippen LogP contribution in [0, 0.1) is 0 Å². The lowest BCUT2D eigenvalue weighted by Gasteiger charge is -2.07. The number of hydrogen-bond donors (Lipinski definition) is 1. The Labute approximate surface area is 117 Å². The number of rotatable bonds is 13. The van der Waals surface area contributed by atoms with Gasteiger partial charge < -0.3 is 5.32 Å². The highest BCUT2D eigenvalue weighted by Gasteiger charge is 1.98. The van der Waals surface area contributed by atoms with E-state index in [1.807, 2.05) is 0 Å². The summed E-state index contributed by atoms with van der Waals surface area (Å²) in [5, 5.41) is 3.53. The van der Waals surface area contributed by atoms with Crippen LogP contribution in [0.3, 0.4) is 0 Å². The van der Waals surface area contributed by atoms with Gasteiger partial charge in [-0.1, -0.05) is 74.7 Å². The molecule has 0 saturated heterocycles. The van der Waals surface area contributed by atoms with E-state index in [0.717, 1.165) is 0 Å². The van der Waals surface area contributed by atoms with Crippen LogP contribution in [0.4, 0.5) is 0 Å². The fourth-order valence-electron chi connectivity index (χ4n) is 1.97. The maximum Gasteiger partial charge on any atom is 0.0155 e. The van der Waals surface area contributed by atoms with Crippen LogP contribution < -0.4 is 5.32 Å². The molecule has 2 heteroatoms. The molecule has 0 bridgehead atoms. The molecule has 0 rings (SSSR count). The van der Waals surface area contributed by atoms with Crippen LogP contribution in [0.15, 0.2) is 0 Å². The molecule has 1 N–H and O–H groups in total. The molecular weight excluding hydrogens is 274 g/mol. The van der Waals surface area contributed by atoms with Gasteiger partial charge in [0.05, 0.1) is 0 Å². The van der Waals surface area contributed by atoms with E-state index in [-0.39, 0.29) is 0 Å². The molecule has 0 amide bonds. The quantitative estimate of drug-likeness (QED) is 0.360. The van der Waals surface area contributed by atoms with Crippen molar-refractivity contribution < 1.29 is 0 Å². The highest BCUT2D eigenvalue weighted by molar-refractivity contribution is 9.09. The van der Waals surface area contributed by atoms with Gasteiger partial charge in [-0.3, -0.25) is 0 Å². The van der Waals surface area contributed by atoms with Gasteiger partial charge >= 0.3 is 0 Å². The van der Waals surface area contributed by atoms with E-state index >= 15 is 0 Å². The second-order valence-corrected chi connectivity index (χ2v) is 6.31. The largest absolute Gasteiger partial charge is 0.317 e. The number of unbranched alkanes of at least 4 members (excludes halogenated alkanes) is 7. The molecule has 0 spiro atoms. The summed E-state index contributed by atoms with van der Waals surface area (Å²) in [6.07, 6.45) is 13.8. The molecule has 0 aromatic carbocycles. The van der Waals surface area contributed by atoms with E-state index in [4.69, 9.17) is 0 Å². The van der Waals surface area contributed by atoms with Crippen molar-refractivity contribution in [1.29, 1.82) is 0 Å². The SMILES string of the molecule is CCCCCCCCCCNCCC(Br)CC. The molecule has 0 fully saturated rings. The van der Waals surface area contributed by atoms with Gasteiger partial charge in [0.15, 0.2) is 0 Å². The lowest BCUT2D eigenvalue weighted by Crippen LogP contribution is -2.19. The second kappa shape index (κ2) is 14.5. The van der Waals surface area contributed by atoms with Crippen LogP contribution in [0.1, 0.15) is 78.1 Å². The fourth-order valence-corrected chi connectivity index (χ4v) is 2.20. The van der Waals surface area contributed by atoms with E-state index in [9.17, 15) is 0 Å². The normalized spacial score (nSPS) is 12.9. The highest BCUT2D eigenvalue weighted by atomic mass is 79.9. The van der Waals surface area contributed by atoms with Gasteiger partial charge in [0.2, 0.25) is 0 Å². The summed E-state index contributed by atoms with van der Waals surface area (Å²) in [4.78, 5) is 0.702. The molecular formula is C15H32BrN. The Balaban J connectivity index is 2.94. The van der Waals surface area contributed by atoms with Crippen molar-refractivity contribution in [3.8, 4) is 0 Å². The van der Waals surface area contributed by atoms with Crippen molar-refractivity contribution in [2.45, 2.75) is 82.9 Å². The summed E-state index contributed by atoms with van der Waals surface area (Å²) in [6.45, 7) is 6.89. The van der Waals surface area contributed by atoms with Crippen molar-refractivity contribution in [3.63, 3.8) is 0 Å².